The molecule has 4 rings (SSSR count). The number of amides is 1. The van der Waals surface area contributed by atoms with Crippen molar-refractivity contribution in [1.82, 2.24) is 15.0 Å². The average Bonchev–Trinajstić information content (AvgIpc) is 3.43. The van der Waals surface area contributed by atoms with Gasteiger partial charge in [-0.3, -0.25) is 9.59 Å². The van der Waals surface area contributed by atoms with Crippen LogP contribution >= 0.6 is 0 Å². The Morgan fingerprint density at radius 2 is 1.86 bits per heavy atom. The second kappa shape index (κ2) is 10.7. The zero-order chi connectivity index (χ0) is 25.9. The molecule has 3 heterocycles. The predicted octanol–water partition coefficient (Wildman–Crippen LogP) is 4.10. The number of ketones is 1. The van der Waals surface area contributed by atoms with E-state index in [0.29, 0.717) is 29.8 Å². The van der Waals surface area contributed by atoms with E-state index in [0.717, 1.165) is 30.5 Å². The molecule has 0 unspecified atom stereocenters. The second-order valence-electron chi connectivity index (χ2n) is 10.4. The van der Waals surface area contributed by atoms with Crippen molar-refractivity contribution in [2.75, 3.05) is 13.1 Å². The number of carbonyl (C=O) groups excluding carboxylic acids is 3. The Morgan fingerprint density at radius 1 is 1.11 bits per heavy atom. The van der Waals surface area contributed by atoms with Crippen LogP contribution in [0.1, 0.15) is 78.1 Å². The Balaban J connectivity index is 1.48. The van der Waals surface area contributed by atoms with Gasteiger partial charge in [-0.1, -0.05) is 31.2 Å². The highest BCUT2D eigenvalue weighted by Crippen LogP contribution is 2.23. The van der Waals surface area contributed by atoms with Gasteiger partial charge in [0.1, 0.15) is 6.10 Å². The number of nitrogens with zero attached hydrogens (tertiary/aromatic N) is 1. The van der Waals surface area contributed by atoms with Crippen molar-refractivity contribution in [3.63, 3.8) is 0 Å². The monoisotopic (exact) mass is 489 g/mol. The molecule has 1 aliphatic rings. The summed E-state index contributed by atoms with van der Waals surface area (Å²) in [5.74, 6) is -0.630. The van der Waals surface area contributed by atoms with Crippen LogP contribution in [0.25, 0.3) is 5.52 Å². The van der Waals surface area contributed by atoms with E-state index in [4.69, 9.17) is 4.74 Å². The topological polar surface area (TPSA) is 88.9 Å². The van der Waals surface area contributed by atoms with Gasteiger partial charge in [0, 0.05) is 22.8 Å². The number of pyridine rings is 1. The second-order valence-corrected chi connectivity index (χ2v) is 10.4. The van der Waals surface area contributed by atoms with Crippen molar-refractivity contribution in [2.45, 2.75) is 65.0 Å². The van der Waals surface area contributed by atoms with E-state index < -0.39 is 12.1 Å². The highest BCUT2D eigenvalue weighted by molar-refractivity contribution is 6.09. The number of hydrogen-bond donors (Lipinski definition) is 2. The largest absolute Gasteiger partial charge is 0.456 e. The number of ether oxygens (including phenoxy) is 1. The van der Waals surface area contributed by atoms with Crippen molar-refractivity contribution >= 4 is 23.2 Å². The Kier molecular flexibility index (Phi) is 7.59. The lowest BCUT2D eigenvalue weighted by atomic mass is 10.0. The molecule has 1 atom stereocenters. The smallest absolute Gasteiger partial charge is 0.338 e. The summed E-state index contributed by atoms with van der Waals surface area (Å²) in [6.07, 6.45) is 4.16. The zero-order valence-electron chi connectivity index (χ0n) is 21.5. The highest BCUT2D eigenvalue weighted by atomic mass is 16.5. The number of aryl methyl sites for hydroxylation is 2. The molecule has 1 amide bonds. The van der Waals surface area contributed by atoms with Gasteiger partial charge in [-0.05, 0) is 75.9 Å². The van der Waals surface area contributed by atoms with Crippen LogP contribution in [-0.4, -0.2) is 46.8 Å². The molecule has 0 bridgehead atoms. The molecule has 0 spiro atoms. The lowest BCUT2D eigenvalue weighted by Gasteiger charge is -2.20. The van der Waals surface area contributed by atoms with Crippen LogP contribution in [0.5, 0.6) is 0 Å². The van der Waals surface area contributed by atoms with Crippen LogP contribution in [0.15, 0.2) is 48.7 Å². The molecule has 7 heteroatoms. The molecule has 1 saturated heterocycles. The minimum absolute atomic E-state index is 0.0429. The van der Waals surface area contributed by atoms with E-state index in [2.05, 4.69) is 31.4 Å². The summed E-state index contributed by atoms with van der Waals surface area (Å²) in [5, 5.41) is 6.16. The summed E-state index contributed by atoms with van der Waals surface area (Å²) in [6, 6.07) is 13.2. The first-order valence-electron chi connectivity index (χ1n) is 12.6. The molecule has 36 heavy (non-hydrogen) atoms. The summed E-state index contributed by atoms with van der Waals surface area (Å²) in [6.45, 7) is 9.78. The number of hydrogen-bond acceptors (Lipinski definition) is 5. The van der Waals surface area contributed by atoms with Gasteiger partial charge in [-0.2, -0.15) is 0 Å². The number of nitrogens with one attached hydrogen (secondary N) is 2. The maximum Gasteiger partial charge on any atom is 0.338 e. The zero-order valence-corrected chi connectivity index (χ0v) is 21.5. The number of esters is 1. The first-order chi connectivity index (χ1) is 17.1. The Bertz CT molecular complexity index is 1270. The van der Waals surface area contributed by atoms with Gasteiger partial charge in [0.25, 0.3) is 0 Å². The van der Waals surface area contributed by atoms with Gasteiger partial charge in [-0.25, -0.2) is 4.79 Å². The van der Waals surface area contributed by atoms with E-state index >= 15 is 0 Å². The fourth-order valence-corrected chi connectivity index (χ4v) is 4.48. The number of rotatable bonds is 9. The van der Waals surface area contributed by atoms with Gasteiger partial charge in [0.2, 0.25) is 11.7 Å². The van der Waals surface area contributed by atoms with E-state index in [-0.39, 0.29) is 23.7 Å². The summed E-state index contributed by atoms with van der Waals surface area (Å²) >= 11 is 0. The molecule has 190 valence electrons. The molecule has 3 aromatic rings. The van der Waals surface area contributed by atoms with Crippen LogP contribution in [0, 0.1) is 0 Å². The molecule has 1 aromatic carbocycles. The number of carbonyl (C=O) groups is 3. The van der Waals surface area contributed by atoms with Gasteiger partial charge in [0.05, 0.1) is 24.2 Å². The van der Waals surface area contributed by atoms with Gasteiger partial charge in [-0.15, -0.1) is 0 Å². The normalized spacial score (nSPS) is 15.8. The summed E-state index contributed by atoms with van der Waals surface area (Å²) < 4.78 is 7.30. The maximum absolute atomic E-state index is 13.5. The summed E-state index contributed by atoms with van der Waals surface area (Å²) in [4.78, 5) is 37.5. The number of benzene rings is 1. The first-order valence-corrected chi connectivity index (χ1v) is 12.6. The number of fused-ring (bicyclic) bond motifs is 1. The van der Waals surface area contributed by atoms with Crippen LogP contribution in [0.3, 0.4) is 0 Å². The van der Waals surface area contributed by atoms with Crippen molar-refractivity contribution in [3.05, 3.63) is 76.6 Å². The lowest BCUT2D eigenvalue weighted by molar-refractivity contribution is -0.119. The Morgan fingerprint density at radius 3 is 2.50 bits per heavy atom. The molecule has 1 fully saturated rings. The molecule has 2 aromatic heterocycles. The molecule has 7 nitrogen and oxygen atoms in total. The van der Waals surface area contributed by atoms with Crippen molar-refractivity contribution in [1.29, 1.82) is 0 Å². The SMILES string of the molecule is CCc1cc2cc(C(=O)O[C@H]3CNC(=O)C3)ccn2c1C(=O)c1ccc(CCCNC(C)(C)C)cc1. The quantitative estimate of drug-likeness (QED) is 0.268. The van der Waals surface area contributed by atoms with Crippen LogP contribution in [0.2, 0.25) is 0 Å². The van der Waals surface area contributed by atoms with Crippen LogP contribution in [0.4, 0.5) is 0 Å². The van der Waals surface area contributed by atoms with E-state index in [1.165, 1.54) is 5.56 Å². The molecule has 2 N–H and O–H groups in total. The summed E-state index contributed by atoms with van der Waals surface area (Å²) in [5.41, 5.74) is 4.65. The number of aromatic nitrogens is 1. The minimum atomic E-state index is -0.473. The van der Waals surface area contributed by atoms with Gasteiger partial charge < -0.3 is 19.8 Å². The molecule has 0 saturated carbocycles. The van der Waals surface area contributed by atoms with E-state index in [1.807, 2.05) is 41.7 Å². The fourth-order valence-electron chi connectivity index (χ4n) is 4.48. The third-order valence-electron chi connectivity index (χ3n) is 6.41. The molecule has 1 aliphatic heterocycles. The van der Waals surface area contributed by atoms with E-state index in [1.54, 1.807) is 18.3 Å². The standard InChI is InChI=1S/C29H35N3O4/c1-5-20-15-23-16-22(28(35)36-24-17-25(33)30-18-24)12-14-32(23)26(20)27(34)21-10-8-19(9-11-21)7-6-13-31-29(2,3)4/h8-12,14-16,24,31H,5-7,13,17-18H2,1-4H3,(H,30,33)/t24-/m1/s1. The lowest BCUT2D eigenvalue weighted by Crippen LogP contribution is -2.36. The predicted molar refractivity (Wildman–Crippen MR) is 140 cm³/mol. The van der Waals surface area contributed by atoms with Gasteiger partial charge >= 0.3 is 5.97 Å². The third kappa shape index (κ3) is 6.02. The molecule has 0 aliphatic carbocycles. The molecular weight excluding hydrogens is 454 g/mol. The van der Waals surface area contributed by atoms with E-state index in [9.17, 15) is 14.4 Å². The van der Waals surface area contributed by atoms with Crippen molar-refractivity contribution in [2.24, 2.45) is 0 Å². The highest BCUT2D eigenvalue weighted by Gasteiger charge is 2.26. The van der Waals surface area contributed by atoms with Crippen LogP contribution < -0.4 is 10.6 Å². The Labute approximate surface area is 212 Å². The van der Waals surface area contributed by atoms with Gasteiger partial charge in [0.15, 0.2) is 0 Å². The van der Waals surface area contributed by atoms with Crippen molar-refractivity contribution in [3.8, 4) is 0 Å². The minimum Gasteiger partial charge on any atom is -0.456 e. The first kappa shape index (κ1) is 25.6. The Hall–Kier alpha value is -3.45. The average molecular weight is 490 g/mol. The molecular formula is C29H35N3O4. The van der Waals surface area contributed by atoms with Crippen LogP contribution in [-0.2, 0) is 22.4 Å². The fraction of sp³-hybridized carbons (Fsp3) is 0.414. The summed E-state index contributed by atoms with van der Waals surface area (Å²) in [7, 11) is 0. The maximum atomic E-state index is 13.5. The van der Waals surface area contributed by atoms with Crippen molar-refractivity contribution < 1.29 is 19.1 Å². The molecule has 0 radical (unpaired) electrons. The third-order valence-corrected chi connectivity index (χ3v) is 6.41.